The average molecular weight is 357 g/mol. The second-order valence-electron chi connectivity index (χ2n) is 4.05. The number of nitrogens with one attached hydrogen (secondary N) is 2. The molecule has 0 radical (unpaired) electrons. The number of hydrogen-bond donors (Lipinski definition) is 2. The van der Waals surface area contributed by atoms with Crippen molar-refractivity contribution in [2.45, 2.75) is 0 Å². The maximum absolute atomic E-state index is 13.4. The van der Waals surface area contributed by atoms with E-state index < -0.39 is 17.7 Å². The van der Waals surface area contributed by atoms with Gasteiger partial charge >= 0.3 is 6.03 Å². The fraction of sp³-hybridized carbons (Fsp3) is 0.0714. The monoisotopic (exact) mass is 356 g/mol. The van der Waals surface area contributed by atoms with Gasteiger partial charge in [0.25, 0.3) is 0 Å². The first-order valence-corrected chi connectivity index (χ1v) is 6.65. The summed E-state index contributed by atoms with van der Waals surface area (Å²) in [5.74, 6) is -1.12. The predicted octanol–water partition coefficient (Wildman–Crippen LogP) is 4.38. The molecule has 0 bridgehead atoms. The Bertz CT molecular complexity index is 680. The number of methoxy groups -OCH3 is 1. The molecule has 0 saturated heterocycles. The molecule has 7 heteroatoms. The van der Waals surface area contributed by atoms with Gasteiger partial charge in [-0.1, -0.05) is 15.9 Å². The van der Waals surface area contributed by atoms with Crippen LogP contribution in [0.5, 0.6) is 5.75 Å². The van der Waals surface area contributed by atoms with Crippen LogP contribution in [0.4, 0.5) is 25.0 Å². The molecule has 0 unspecified atom stereocenters. The molecule has 0 fully saturated rings. The zero-order valence-corrected chi connectivity index (χ0v) is 12.5. The van der Waals surface area contributed by atoms with Gasteiger partial charge in [0.05, 0.1) is 18.5 Å². The quantitative estimate of drug-likeness (QED) is 0.857. The molecule has 110 valence electrons. The van der Waals surface area contributed by atoms with Crippen LogP contribution in [-0.4, -0.2) is 13.1 Å². The van der Waals surface area contributed by atoms with Crippen molar-refractivity contribution in [2.24, 2.45) is 0 Å². The van der Waals surface area contributed by atoms with Crippen molar-refractivity contribution in [3.63, 3.8) is 0 Å². The lowest BCUT2D eigenvalue weighted by Crippen LogP contribution is -2.20. The van der Waals surface area contributed by atoms with Gasteiger partial charge in [-0.25, -0.2) is 13.6 Å². The highest BCUT2D eigenvalue weighted by Crippen LogP contribution is 2.28. The van der Waals surface area contributed by atoms with Gasteiger partial charge in [-0.3, -0.25) is 0 Å². The maximum Gasteiger partial charge on any atom is 0.323 e. The highest BCUT2D eigenvalue weighted by molar-refractivity contribution is 9.10. The maximum atomic E-state index is 13.4. The molecule has 0 atom stereocenters. The average Bonchev–Trinajstić information content (AvgIpc) is 2.42. The molecule has 0 saturated carbocycles. The van der Waals surface area contributed by atoms with Crippen LogP contribution in [0.2, 0.25) is 0 Å². The number of carbonyl (C=O) groups excluding carboxylic acids is 1. The van der Waals surface area contributed by atoms with E-state index in [9.17, 15) is 13.6 Å². The number of ether oxygens (including phenoxy) is 1. The van der Waals surface area contributed by atoms with Gasteiger partial charge in [-0.15, -0.1) is 0 Å². The van der Waals surface area contributed by atoms with E-state index in [2.05, 4.69) is 26.6 Å². The largest absolute Gasteiger partial charge is 0.495 e. The Morgan fingerprint density at radius 3 is 2.48 bits per heavy atom. The van der Waals surface area contributed by atoms with Crippen LogP contribution < -0.4 is 15.4 Å². The van der Waals surface area contributed by atoms with Crippen molar-refractivity contribution in [1.29, 1.82) is 0 Å². The van der Waals surface area contributed by atoms with Crippen LogP contribution in [0.1, 0.15) is 0 Å². The molecule has 0 aromatic heterocycles. The summed E-state index contributed by atoms with van der Waals surface area (Å²) in [4.78, 5) is 11.8. The molecule has 4 nitrogen and oxygen atoms in total. The van der Waals surface area contributed by atoms with E-state index in [1.807, 2.05) is 0 Å². The van der Waals surface area contributed by atoms with Gasteiger partial charge in [0, 0.05) is 10.5 Å². The number of carbonyl (C=O) groups is 1. The van der Waals surface area contributed by atoms with Crippen molar-refractivity contribution >= 4 is 33.3 Å². The third kappa shape index (κ3) is 3.91. The first kappa shape index (κ1) is 15.2. The molecule has 2 aromatic carbocycles. The molecule has 0 aliphatic rings. The van der Waals surface area contributed by atoms with Gasteiger partial charge in [0.15, 0.2) is 0 Å². The van der Waals surface area contributed by atoms with E-state index in [0.29, 0.717) is 17.5 Å². The number of urea groups is 1. The van der Waals surface area contributed by atoms with Crippen molar-refractivity contribution in [2.75, 3.05) is 17.7 Å². The number of amides is 2. The van der Waals surface area contributed by atoms with E-state index in [4.69, 9.17) is 4.74 Å². The normalized spacial score (nSPS) is 10.1. The summed E-state index contributed by atoms with van der Waals surface area (Å²) in [5.41, 5.74) is 0.287. The first-order valence-electron chi connectivity index (χ1n) is 5.86. The lowest BCUT2D eigenvalue weighted by Gasteiger charge is -2.12. The Balaban J connectivity index is 2.13. The molecular weight excluding hydrogens is 346 g/mol. The predicted molar refractivity (Wildman–Crippen MR) is 79.7 cm³/mol. The van der Waals surface area contributed by atoms with E-state index in [1.54, 1.807) is 18.2 Å². The third-order valence-corrected chi connectivity index (χ3v) is 3.08. The molecule has 0 aliphatic heterocycles. The molecule has 2 aromatic rings. The Kier molecular flexibility index (Phi) is 4.74. The Morgan fingerprint density at radius 2 is 1.81 bits per heavy atom. The van der Waals surface area contributed by atoms with Crippen LogP contribution in [-0.2, 0) is 0 Å². The zero-order chi connectivity index (χ0) is 15.4. The summed E-state index contributed by atoms with van der Waals surface area (Å²) in [6, 6.07) is 7.27. The number of anilines is 2. The highest BCUT2D eigenvalue weighted by atomic mass is 79.9. The minimum Gasteiger partial charge on any atom is -0.495 e. The summed E-state index contributed by atoms with van der Waals surface area (Å²) in [5, 5.41) is 4.82. The molecule has 0 aliphatic carbocycles. The Hall–Kier alpha value is -2.15. The van der Waals surface area contributed by atoms with Gasteiger partial charge in [-0.2, -0.15) is 0 Å². The van der Waals surface area contributed by atoms with Crippen molar-refractivity contribution in [3.8, 4) is 5.75 Å². The fourth-order valence-corrected chi connectivity index (χ4v) is 2.01. The summed E-state index contributed by atoms with van der Waals surface area (Å²) in [6.07, 6.45) is 0. The zero-order valence-electron chi connectivity index (χ0n) is 10.9. The van der Waals surface area contributed by atoms with E-state index in [1.165, 1.54) is 7.11 Å². The summed E-state index contributed by atoms with van der Waals surface area (Å²) in [7, 11) is 1.46. The molecule has 0 spiro atoms. The molecule has 0 heterocycles. The van der Waals surface area contributed by atoms with Crippen LogP contribution in [0.15, 0.2) is 40.9 Å². The molecule has 21 heavy (non-hydrogen) atoms. The Labute approximate surface area is 128 Å². The number of benzene rings is 2. The van der Waals surface area contributed by atoms with Crippen LogP contribution in [0, 0.1) is 11.6 Å². The second kappa shape index (κ2) is 6.53. The minimum atomic E-state index is -0.855. The van der Waals surface area contributed by atoms with E-state index in [0.717, 1.165) is 16.6 Å². The van der Waals surface area contributed by atoms with E-state index in [-0.39, 0.29) is 5.69 Å². The first-order chi connectivity index (χ1) is 9.99. The second-order valence-corrected chi connectivity index (χ2v) is 4.96. The third-order valence-electron chi connectivity index (χ3n) is 2.59. The molecule has 2 amide bonds. The number of halogens is 3. The van der Waals surface area contributed by atoms with E-state index >= 15 is 0 Å². The Morgan fingerprint density at radius 1 is 1.10 bits per heavy atom. The summed E-state index contributed by atoms with van der Waals surface area (Å²) in [6.45, 7) is 0. The highest BCUT2D eigenvalue weighted by Gasteiger charge is 2.11. The fourth-order valence-electron chi connectivity index (χ4n) is 1.64. The van der Waals surface area contributed by atoms with Crippen molar-refractivity contribution < 1.29 is 18.3 Å². The molecular formula is C14H11BrF2N2O2. The van der Waals surface area contributed by atoms with Crippen molar-refractivity contribution in [3.05, 3.63) is 52.5 Å². The minimum absolute atomic E-state index is 0.122. The van der Waals surface area contributed by atoms with Gasteiger partial charge in [-0.05, 0) is 30.3 Å². The lowest BCUT2D eigenvalue weighted by atomic mass is 10.3. The standard InChI is InChI=1S/C14H11BrF2N2O2/c1-21-13-5-2-8(15)6-12(13)19-14(20)18-11-4-3-9(16)7-10(11)17/h2-7H,1H3,(H2,18,19,20). The molecule has 2 N–H and O–H groups in total. The van der Waals surface area contributed by atoms with Gasteiger partial charge < -0.3 is 15.4 Å². The number of hydrogen-bond acceptors (Lipinski definition) is 2. The molecule has 2 rings (SSSR count). The van der Waals surface area contributed by atoms with Crippen LogP contribution in [0.25, 0.3) is 0 Å². The van der Waals surface area contributed by atoms with Crippen LogP contribution in [0.3, 0.4) is 0 Å². The van der Waals surface area contributed by atoms with Crippen molar-refractivity contribution in [1.82, 2.24) is 0 Å². The number of rotatable bonds is 3. The lowest BCUT2D eigenvalue weighted by molar-refractivity contribution is 0.262. The summed E-state index contributed by atoms with van der Waals surface area (Å²) < 4.78 is 32.1. The van der Waals surface area contributed by atoms with Gasteiger partial charge in [0.2, 0.25) is 0 Å². The topological polar surface area (TPSA) is 50.4 Å². The SMILES string of the molecule is COc1ccc(Br)cc1NC(=O)Nc1ccc(F)cc1F. The van der Waals surface area contributed by atoms with Gasteiger partial charge in [0.1, 0.15) is 17.4 Å². The van der Waals surface area contributed by atoms with Crippen LogP contribution >= 0.6 is 15.9 Å². The smallest absolute Gasteiger partial charge is 0.323 e. The summed E-state index contributed by atoms with van der Waals surface area (Å²) >= 11 is 3.27.